The van der Waals surface area contributed by atoms with Crippen molar-refractivity contribution in [1.82, 2.24) is 4.98 Å². The maximum atomic E-state index is 4.25. The monoisotopic (exact) mass is 211 g/mol. The predicted octanol–water partition coefficient (Wildman–Crippen LogP) is 3.93. The van der Waals surface area contributed by atoms with Crippen LogP contribution < -0.4 is 0 Å². The van der Waals surface area contributed by atoms with Gasteiger partial charge in [-0.3, -0.25) is 4.98 Å². The first-order valence-electron chi connectivity index (χ1n) is 5.78. The molecule has 0 spiro atoms. The standard InChI is InChI=1S/C15H17N/c1-3-15(13-7-5-4-6-8-13)14-9-10-16-12(2)11-14/h4-11,15H,3H2,1-2H3. The van der Waals surface area contributed by atoms with Crippen LogP contribution in [0.1, 0.15) is 36.1 Å². The van der Waals surface area contributed by atoms with Crippen molar-refractivity contribution < 1.29 is 0 Å². The summed E-state index contributed by atoms with van der Waals surface area (Å²) in [6.45, 7) is 4.27. The molecule has 0 amide bonds. The molecule has 0 radical (unpaired) electrons. The SMILES string of the molecule is CCC(c1ccccc1)c1ccnc(C)c1. The molecule has 0 N–H and O–H groups in total. The zero-order valence-corrected chi connectivity index (χ0v) is 9.85. The third kappa shape index (κ3) is 2.30. The van der Waals surface area contributed by atoms with Gasteiger partial charge in [0, 0.05) is 17.8 Å². The molecule has 1 heterocycles. The molecule has 1 aromatic heterocycles. The van der Waals surface area contributed by atoms with Gasteiger partial charge in [-0.2, -0.15) is 0 Å². The Morgan fingerprint density at radius 2 is 1.81 bits per heavy atom. The van der Waals surface area contributed by atoms with E-state index in [9.17, 15) is 0 Å². The van der Waals surface area contributed by atoms with Crippen molar-refractivity contribution in [3.05, 3.63) is 65.5 Å². The Morgan fingerprint density at radius 3 is 2.44 bits per heavy atom. The van der Waals surface area contributed by atoms with Crippen molar-refractivity contribution in [2.24, 2.45) is 0 Å². The van der Waals surface area contributed by atoms with Crippen LogP contribution in [0.3, 0.4) is 0 Å². The summed E-state index contributed by atoms with van der Waals surface area (Å²) in [5, 5.41) is 0. The van der Waals surface area contributed by atoms with Crippen LogP contribution in [0, 0.1) is 6.92 Å². The smallest absolute Gasteiger partial charge is 0.0375 e. The molecular weight excluding hydrogens is 194 g/mol. The maximum Gasteiger partial charge on any atom is 0.0375 e. The van der Waals surface area contributed by atoms with E-state index in [-0.39, 0.29) is 0 Å². The van der Waals surface area contributed by atoms with Crippen molar-refractivity contribution in [3.63, 3.8) is 0 Å². The molecule has 0 aliphatic carbocycles. The minimum atomic E-state index is 0.489. The van der Waals surface area contributed by atoms with Gasteiger partial charge in [0.2, 0.25) is 0 Å². The summed E-state index contributed by atoms with van der Waals surface area (Å²) >= 11 is 0. The molecule has 2 aromatic rings. The summed E-state index contributed by atoms with van der Waals surface area (Å²) < 4.78 is 0. The second-order valence-corrected chi connectivity index (χ2v) is 4.10. The van der Waals surface area contributed by atoms with Gasteiger partial charge in [0.05, 0.1) is 0 Å². The van der Waals surface area contributed by atoms with Crippen LogP contribution in [0.25, 0.3) is 0 Å². The molecule has 82 valence electrons. The van der Waals surface area contributed by atoms with Gasteiger partial charge in [-0.15, -0.1) is 0 Å². The summed E-state index contributed by atoms with van der Waals surface area (Å²) in [7, 11) is 0. The Morgan fingerprint density at radius 1 is 1.06 bits per heavy atom. The molecule has 0 saturated carbocycles. The summed E-state index contributed by atoms with van der Waals surface area (Å²) in [6.07, 6.45) is 3.02. The van der Waals surface area contributed by atoms with Crippen molar-refractivity contribution in [2.75, 3.05) is 0 Å². The fourth-order valence-corrected chi connectivity index (χ4v) is 2.13. The van der Waals surface area contributed by atoms with Crippen molar-refractivity contribution in [2.45, 2.75) is 26.2 Å². The molecule has 16 heavy (non-hydrogen) atoms. The van der Waals surface area contributed by atoms with E-state index < -0.39 is 0 Å². The number of nitrogens with zero attached hydrogens (tertiary/aromatic N) is 1. The van der Waals surface area contributed by atoms with Crippen molar-refractivity contribution in [3.8, 4) is 0 Å². The highest BCUT2D eigenvalue weighted by molar-refractivity contribution is 5.32. The van der Waals surface area contributed by atoms with Crippen LogP contribution >= 0.6 is 0 Å². The fraction of sp³-hybridized carbons (Fsp3) is 0.267. The highest BCUT2D eigenvalue weighted by Crippen LogP contribution is 2.27. The van der Waals surface area contributed by atoms with E-state index in [0.29, 0.717) is 5.92 Å². The number of pyridine rings is 1. The third-order valence-corrected chi connectivity index (χ3v) is 2.93. The Hall–Kier alpha value is -1.63. The maximum absolute atomic E-state index is 4.25. The lowest BCUT2D eigenvalue weighted by Crippen LogP contribution is -2.00. The van der Waals surface area contributed by atoms with Gasteiger partial charge >= 0.3 is 0 Å². The van der Waals surface area contributed by atoms with Gasteiger partial charge in [-0.05, 0) is 36.6 Å². The zero-order chi connectivity index (χ0) is 11.4. The van der Waals surface area contributed by atoms with E-state index in [1.807, 2.05) is 13.1 Å². The average molecular weight is 211 g/mol. The molecule has 2 rings (SSSR count). The number of benzene rings is 1. The highest BCUT2D eigenvalue weighted by atomic mass is 14.6. The Kier molecular flexibility index (Phi) is 3.35. The molecule has 0 fully saturated rings. The van der Waals surface area contributed by atoms with Crippen LogP contribution in [0.15, 0.2) is 48.7 Å². The van der Waals surface area contributed by atoms with Gasteiger partial charge in [-0.1, -0.05) is 37.3 Å². The lowest BCUT2D eigenvalue weighted by atomic mass is 9.89. The topological polar surface area (TPSA) is 12.9 Å². The molecule has 1 unspecified atom stereocenters. The lowest BCUT2D eigenvalue weighted by Gasteiger charge is -2.16. The minimum absolute atomic E-state index is 0.489. The van der Waals surface area contributed by atoms with E-state index in [4.69, 9.17) is 0 Å². The third-order valence-electron chi connectivity index (χ3n) is 2.93. The summed E-state index contributed by atoms with van der Waals surface area (Å²) in [5.41, 5.74) is 3.84. The highest BCUT2D eigenvalue weighted by Gasteiger charge is 2.11. The normalized spacial score (nSPS) is 12.4. The number of aryl methyl sites for hydroxylation is 1. The number of hydrogen-bond donors (Lipinski definition) is 0. The van der Waals surface area contributed by atoms with E-state index >= 15 is 0 Å². The van der Waals surface area contributed by atoms with E-state index in [1.165, 1.54) is 11.1 Å². The number of hydrogen-bond acceptors (Lipinski definition) is 1. The summed E-state index contributed by atoms with van der Waals surface area (Å²) in [6, 6.07) is 15.0. The molecule has 1 aromatic carbocycles. The van der Waals surface area contributed by atoms with E-state index in [0.717, 1.165) is 12.1 Å². The molecule has 1 nitrogen and oxygen atoms in total. The van der Waals surface area contributed by atoms with Crippen LogP contribution in [0.5, 0.6) is 0 Å². The first-order valence-corrected chi connectivity index (χ1v) is 5.78. The predicted molar refractivity (Wildman–Crippen MR) is 67.6 cm³/mol. The fourth-order valence-electron chi connectivity index (χ4n) is 2.13. The first-order chi connectivity index (χ1) is 7.81. The largest absolute Gasteiger partial charge is 0.262 e. The summed E-state index contributed by atoms with van der Waals surface area (Å²) in [5.74, 6) is 0.489. The first kappa shape index (κ1) is 10.9. The Balaban J connectivity index is 2.37. The van der Waals surface area contributed by atoms with Crippen LogP contribution in [-0.2, 0) is 0 Å². The van der Waals surface area contributed by atoms with E-state index in [2.05, 4.69) is 54.4 Å². The molecule has 1 heteroatoms. The van der Waals surface area contributed by atoms with Gasteiger partial charge in [-0.25, -0.2) is 0 Å². The Bertz CT molecular complexity index is 448. The van der Waals surface area contributed by atoms with Crippen LogP contribution in [-0.4, -0.2) is 4.98 Å². The Labute approximate surface area is 97.2 Å². The van der Waals surface area contributed by atoms with Crippen molar-refractivity contribution >= 4 is 0 Å². The number of aromatic nitrogens is 1. The van der Waals surface area contributed by atoms with Crippen molar-refractivity contribution in [1.29, 1.82) is 0 Å². The quantitative estimate of drug-likeness (QED) is 0.749. The van der Waals surface area contributed by atoms with E-state index in [1.54, 1.807) is 0 Å². The molecule has 0 saturated heterocycles. The molecule has 1 atom stereocenters. The second-order valence-electron chi connectivity index (χ2n) is 4.10. The zero-order valence-electron chi connectivity index (χ0n) is 9.85. The molecular formula is C15H17N. The van der Waals surface area contributed by atoms with Crippen LogP contribution in [0.2, 0.25) is 0 Å². The molecule has 0 aliphatic rings. The lowest BCUT2D eigenvalue weighted by molar-refractivity contribution is 0.774. The van der Waals surface area contributed by atoms with Gasteiger partial charge in [0.1, 0.15) is 0 Å². The van der Waals surface area contributed by atoms with Gasteiger partial charge in [0.15, 0.2) is 0 Å². The van der Waals surface area contributed by atoms with Gasteiger partial charge in [0.25, 0.3) is 0 Å². The summed E-state index contributed by atoms with van der Waals surface area (Å²) in [4.78, 5) is 4.25. The van der Waals surface area contributed by atoms with Gasteiger partial charge < -0.3 is 0 Å². The minimum Gasteiger partial charge on any atom is -0.262 e. The number of rotatable bonds is 3. The van der Waals surface area contributed by atoms with Crippen LogP contribution in [0.4, 0.5) is 0 Å². The molecule has 0 aliphatic heterocycles. The second kappa shape index (κ2) is 4.93. The molecule has 0 bridgehead atoms. The average Bonchev–Trinajstić information content (AvgIpc) is 2.31.